The molecule has 62 heavy (non-hydrogen) atoms. The highest BCUT2D eigenvalue weighted by Gasteiger charge is 2.66. The van der Waals surface area contributed by atoms with Crippen LogP contribution < -0.4 is 39.7 Å². The topological polar surface area (TPSA) is 325 Å². The molecule has 0 aliphatic carbocycles. The molecule has 1 saturated heterocycles. The number of allylic oxidation sites excluding steroid dienone is 6. The van der Waals surface area contributed by atoms with Crippen molar-refractivity contribution in [3.05, 3.63) is 34.3 Å². The van der Waals surface area contributed by atoms with E-state index in [9.17, 15) is 33.6 Å². The van der Waals surface area contributed by atoms with Gasteiger partial charge < -0.3 is 44.5 Å². The summed E-state index contributed by atoms with van der Waals surface area (Å²) in [4.78, 5) is 106. The van der Waals surface area contributed by atoms with E-state index in [4.69, 9.17) is 49.4 Å². The van der Waals surface area contributed by atoms with E-state index in [0.29, 0.717) is 51.8 Å². The molecule has 13 N–H and O–H groups in total. The molecular formula is C45H66N10O7. The van der Waals surface area contributed by atoms with E-state index in [0.717, 1.165) is 6.29 Å². The van der Waals surface area contributed by atoms with Crippen molar-refractivity contribution in [2.75, 3.05) is 0 Å². The summed E-state index contributed by atoms with van der Waals surface area (Å²) in [6.07, 6.45) is 3.41. The fraction of sp³-hybridized carbons (Fsp3) is 0.644. The van der Waals surface area contributed by atoms with Crippen molar-refractivity contribution in [3.8, 4) is 0 Å². The highest BCUT2D eigenvalue weighted by Crippen LogP contribution is 2.62. The first kappa shape index (κ1) is 47.6. The zero-order chi connectivity index (χ0) is 46.5. The molecule has 1 fully saturated rings. The predicted octanol–water partition coefficient (Wildman–Crippen LogP) is 2.44. The van der Waals surface area contributed by atoms with Crippen molar-refractivity contribution in [3.63, 3.8) is 0 Å². The molecule has 5 aliphatic heterocycles. The number of aldehydes is 1. The number of fused-ring (bicyclic) bond motifs is 6. The third-order valence-electron chi connectivity index (χ3n) is 15.4. The van der Waals surface area contributed by atoms with Gasteiger partial charge in [-0.1, -0.05) is 34.6 Å². The lowest BCUT2D eigenvalue weighted by atomic mass is 9.55. The van der Waals surface area contributed by atoms with Crippen LogP contribution in [0.4, 0.5) is 0 Å². The van der Waals surface area contributed by atoms with Crippen LogP contribution >= 0.6 is 0 Å². The van der Waals surface area contributed by atoms with E-state index in [-0.39, 0.29) is 70.1 Å². The second-order valence-corrected chi connectivity index (χ2v) is 19.7. The van der Waals surface area contributed by atoms with E-state index in [1.54, 1.807) is 0 Å². The summed E-state index contributed by atoms with van der Waals surface area (Å²) in [6, 6.07) is -0.842. The Bertz CT molecular complexity index is 2170. The van der Waals surface area contributed by atoms with Gasteiger partial charge in [0.05, 0.1) is 11.6 Å². The Balaban J connectivity index is 2.03. The second kappa shape index (κ2) is 17.0. The van der Waals surface area contributed by atoms with E-state index in [2.05, 4.69) is 5.32 Å². The number of hydrogen-bond donors (Lipinski definition) is 7. The van der Waals surface area contributed by atoms with Crippen LogP contribution in [0.5, 0.6) is 0 Å². The highest BCUT2D eigenvalue weighted by molar-refractivity contribution is 6.10. The summed E-state index contributed by atoms with van der Waals surface area (Å²) in [6.45, 7) is 15.5. The molecule has 0 aromatic carbocycles. The van der Waals surface area contributed by atoms with Gasteiger partial charge in [-0.2, -0.15) is 0 Å². The van der Waals surface area contributed by atoms with Crippen molar-refractivity contribution in [2.45, 2.75) is 138 Å². The van der Waals surface area contributed by atoms with E-state index >= 15 is 0 Å². The molecule has 9 atom stereocenters. The van der Waals surface area contributed by atoms with Crippen LogP contribution in [0, 0.1) is 45.3 Å². The van der Waals surface area contributed by atoms with Gasteiger partial charge in [-0.3, -0.25) is 43.7 Å². The van der Waals surface area contributed by atoms with Crippen LogP contribution in [0.25, 0.3) is 0 Å². The number of rotatable bonds is 18. The summed E-state index contributed by atoms with van der Waals surface area (Å²) >= 11 is 0. The minimum atomic E-state index is -1.32. The van der Waals surface area contributed by atoms with Gasteiger partial charge in [0.15, 0.2) is 0 Å². The molecule has 0 aromatic heterocycles. The summed E-state index contributed by atoms with van der Waals surface area (Å²) in [5.74, 6) is -5.58. The zero-order valence-corrected chi connectivity index (χ0v) is 37.5. The lowest BCUT2D eigenvalue weighted by Crippen LogP contribution is -2.56. The molecule has 6 amide bonds. The molecule has 1 unspecified atom stereocenters. The minimum absolute atomic E-state index is 0.00913. The van der Waals surface area contributed by atoms with Crippen LogP contribution in [0.3, 0.4) is 0 Å². The maximum absolute atomic E-state index is 13.4. The minimum Gasteiger partial charge on any atom is -0.370 e. The molecule has 5 heterocycles. The molecule has 0 saturated carbocycles. The SMILES string of the molecule is CC1=C2N=C(C=C3NC(=C(C)C4=N[C@@](C)([C@@H]5N=C1[C@](C)(CCC=O)[C@H]5CC(N)=O)[C@](C)(CC(N)=O)C4CCC(N)=O)[C@@](C)(CC(N)=O)[C@@H]3CCC(N)=O)C(C)(C)[C@@H]2CCC(N)=O. The van der Waals surface area contributed by atoms with Crippen LogP contribution in [-0.2, 0) is 33.6 Å². The summed E-state index contributed by atoms with van der Waals surface area (Å²) in [7, 11) is 0. The first-order chi connectivity index (χ1) is 28.7. The largest absolute Gasteiger partial charge is 0.370 e. The quantitative estimate of drug-likeness (QED) is 0.100. The van der Waals surface area contributed by atoms with Gasteiger partial charge in [-0.25, -0.2) is 0 Å². The number of amides is 6. The van der Waals surface area contributed by atoms with Crippen molar-refractivity contribution in [1.29, 1.82) is 0 Å². The van der Waals surface area contributed by atoms with Crippen LogP contribution in [0.2, 0.25) is 0 Å². The Morgan fingerprint density at radius 3 is 1.77 bits per heavy atom. The Morgan fingerprint density at radius 2 is 1.26 bits per heavy atom. The number of carbonyl (C=O) groups is 7. The normalized spacial score (nSPS) is 33.4. The van der Waals surface area contributed by atoms with Crippen molar-refractivity contribution in [1.82, 2.24) is 5.32 Å². The smallest absolute Gasteiger partial charge is 0.218 e. The molecule has 0 spiro atoms. The molecule has 5 rings (SSSR count). The molecule has 8 bridgehead atoms. The lowest BCUT2D eigenvalue weighted by molar-refractivity contribution is -0.123. The Kier molecular flexibility index (Phi) is 13.0. The standard InChI is InChI=1S/C45H66N10O7/c1-22-36-25(11-14-31(47)58)41(3,4)29(53-36)19-28-24(10-13-30(46)57)43(6,20-34(50)61)39(52-28)23(2)37-26(12-15-32(48)59)44(7,21-35(51)62)45(8,55-37)40-27(18-33(49)60)42(5,16-9-17-56)38(22)54-40/h17,19,24-27,40,52H,9-16,18,20-21H2,1-8H3,(H2,46,57)(H2,47,58)(H2,48,59)(H2,49,60)(H2,50,61)(H2,51,62)/t24-,25-,26?,27+,40-,42-,43+,44-,45+/m1/s1. The van der Waals surface area contributed by atoms with Gasteiger partial charge in [0.25, 0.3) is 0 Å². The monoisotopic (exact) mass is 859 g/mol. The van der Waals surface area contributed by atoms with Gasteiger partial charge in [0.2, 0.25) is 35.4 Å². The van der Waals surface area contributed by atoms with E-state index in [1.807, 2.05) is 61.5 Å². The maximum Gasteiger partial charge on any atom is 0.218 e. The van der Waals surface area contributed by atoms with Gasteiger partial charge in [-0.15, -0.1) is 0 Å². The number of hydrogen-bond acceptors (Lipinski definition) is 11. The number of primary amides is 6. The van der Waals surface area contributed by atoms with E-state index in [1.165, 1.54) is 0 Å². The van der Waals surface area contributed by atoms with Gasteiger partial charge >= 0.3 is 0 Å². The van der Waals surface area contributed by atoms with Crippen molar-refractivity contribution < 1.29 is 33.6 Å². The number of nitrogens with zero attached hydrogens (tertiary/aromatic N) is 3. The Morgan fingerprint density at radius 1 is 0.710 bits per heavy atom. The Labute approximate surface area is 363 Å². The lowest BCUT2D eigenvalue weighted by Gasteiger charge is -2.48. The molecular weight excluding hydrogens is 793 g/mol. The number of carbonyl (C=O) groups excluding carboxylic acids is 7. The molecule has 17 nitrogen and oxygen atoms in total. The summed E-state index contributed by atoms with van der Waals surface area (Å²) in [5, 5.41) is 3.65. The van der Waals surface area contributed by atoms with Crippen molar-refractivity contribution >= 4 is 58.9 Å². The fourth-order valence-electron chi connectivity index (χ4n) is 11.9. The number of aliphatic imine (C=N–C) groups is 3. The first-order valence-electron chi connectivity index (χ1n) is 21.5. The van der Waals surface area contributed by atoms with Gasteiger partial charge in [-0.05, 0) is 63.7 Å². The third kappa shape index (κ3) is 8.14. The highest BCUT2D eigenvalue weighted by atomic mass is 16.2. The molecule has 338 valence electrons. The fourth-order valence-corrected chi connectivity index (χ4v) is 11.9. The van der Waals surface area contributed by atoms with Gasteiger partial charge in [0.1, 0.15) is 6.29 Å². The maximum atomic E-state index is 13.4. The zero-order valence-electron chi connectivity index (χ0n) is 37.5. The number of nitrogens with one attached hydrogen (secondary N) is 1. The summed E-state index contributed by atoms with van der Waals surface area (Å²) in [5.41, 5.74) is 35.3. The molecule has 5 aliphatic rings. The van der Waals surface area contributed by atoms with Crippen molar-refractivity contribution in [2.24, 2.45) is 94.7 Å². The van der Waals surface area contributed by atoms with Crippen LogP contribution in [0.15, 0.2) is 49.3 Å². The van der Waals surface area contributed by atoms with Crippen LogP contribution in [-0.4, -0.2) is 70.4 Å². The predicted molar refractivity (Wildman–Crippen MR) is 235 cm³/mol. The Hall–Kier alpha value is -5.48. The van der Waals surface area contributed by atoms with E-state index < -0.39 is 86.4 Å². The van der Waals surface area contributed by atoms with Crippen LogP contribution in [0.1, 0.15) is 126 Å². The summed E-state index contributed by atoms with van der Waals surface area (Å²) < 4.78 is 0. The second-order valence-electron chi connectivity index (χ2n) is 19.7. The first-order valence-corrected chi connectivity index (χ1v) is 21.5. The average Bonchev–Trinajstić information content (AvgIpc) is 3.75. The third-order valence-corrected chi connectivity index (χ3v) is 15.4. The van der Waals surface area contributed by atoms with Gasteiger partial charge in [0, 0.05) is 125 Å². The molecule has 0 aromatic rings. The number of nitrogens with two attached hydrogens (primary N) is 6. The molecule has 17 heteroatoms. The molecule has 0 radical (unpaired) electrons. The average molecular weight is 859 g/mol.